The summed E-state index contributed by atoms with van der Waals surface area (Å²) in [6.45, 7) is 14.2. The summed E-state index contributed by atoms with van der Waals surface area (Å²) in [5, 5.41) is 12.7. The molecule has 48 heavy (non-hydrogen) atoms. The Morgan fingerprint density at radius 3 is 2.27 bits per heavy atom. The second-order valence-corrected chi connectivity index (χ2v) is 13.2. The van der Waals surface area contributed by atoms with Crippen molar-refractivity contribution >= 4 is 39.9 Å². The van der Waals surface area contributed by atoms with E-state index in [0.717, 1.165) is 10.8 Å². The molecule has 3 aliphatic rings. The SMILES string of the molecule is C=CCN(C(=O)C1N([C@@H](CO)C(C)C)C(=O)[C@@H]2[C@H](C(=O)N(CC=C)c3ccc(OCC)cc3)[C@@H]3CCC12O3)c1ccc2ccccc2c1. The molecule has 1 N–H and O–H groups in total. The lowest BCUT2D eigenvalue weighted by molar-refractivity contribution is -0.145. The van der Waals surface area contributed by atoms with Crippen molar-refractivity contribution in [2.75, 3.05) is 36.1 Å². The Kier molecular flexibility index (Phi) is 9.45. The van der Waals surface area contributed by atoms with Gasteiger partial charge in [0.05, 0.1) is 37.2 Å². The van der Waals surface area contributed by atoms with Crippen LogP contribution in [0.2, 0.25) is 0 Å². The van der Waals surface area contributed by atoms with Gasteiger partial charge in [0.15, 0.2) is 0 Å². The van der Waals surface area contributed by atoms with Gasteiger partial charge in [0.2, 0.25) is 11.8 Å². The molecule has 252 valence electrons. The molecule has 2 unspecified atom stereocenters. The Labute approximate surface area is 282 Å². The fraction of sp³-hybridized carbons (Fsp3) is 0.410. The normalized spacial score (nSPS) is 24.9. The maximum absolute atomic E-state index is 15.0. The molecule has 2 bridgehead atoms. The second-order valence-electron chi connectivity index (χ2n) is 13.2. The summed E-state index contributed by atoms with van der Waals surface area (Å²) >= 11 is 0. The van der Waals surface area contributed by atoms with Gasteiger partial charge in [-0.3, -0.25) is 14.4 Å². The number of fused-ring (bicyclic) bond motifs is 2. The van der Waals surface area contributed by atoms with Crippen molar-refractivity contribution in [3.05, 3.63) is 92.0 Å². The first-order chi connectivity index (χ1) is 23.2. The van der Waals surface area contributed by atoms with E-state index in [1.54, 1.807) is 26.9 Å². The largest absolute Gasteiger partial charge is 0.494 e. The predicted molar refractivity (Wildman–Crippen MR) is 187 cm³/mol. The van der Waals surface area contributed by atoms with E-state index in [0.29, 0.717) is 36.6 Å². The number of aliphatic hydroxyl groups excluding tert-OH is 1. The van der Waals surface area contributed by atoms with Gasteiger partial charge in [-0.2, -0.15) is 0 Å². The molecule has 0 aliphatic carbocycles. The van der Waals surface area contributed by atoms with E-state index in [1.807, 2.05) is 87.5 Å². The van der Waals surface area contributed by atoms with Crippen LogP contribution in [-0.2, 0) is 19.1 Å². The lowest BCUT2D eigenvalue weighted by Gasteiger charge is -2.40. The highest BCUT2D eigenvalue weighted by atomic mass is 16.5. The molecule has 9 heteroatoms. The van der Waals surface area contributed by atoms with Crippen molar-refractivity contribution in [2.24, 2.45) is 17.8 Å². The van der Waals surface area contributed by atoms with Crippen LogP contribution >= 0.6 is 0 Å². The Morgan fingerprint density at radius 2 is 1.65 bits per heavy atom. The van der Waals surface area contributed by atoms with Gasteiger partial charge in [-0.25, -0.2) is 0 Å². The third-order valence-electron chi connectivity index (χ3n) is 10.2. The maximum atomic E-state index is 15.0. The minimum atomic E-state index is -1.23. The summed E-state index contributed by atoms with van der Waals surface area (Å²) in [4.78, 5) is 49.2. The molecule has 3 heterocycles. The number of rotatable bonds is 13. The van der Waals surface area contributed by atoms with Crippen molar-refractivity contribution in [3.8, 4) is 5.75 Å². The van der Waals surface area contributed by atoms with E-state index < -0.39 is 35.6 Å². The number of benzene rings is 3. The zero-order valence-corrected chi connectivity index (χ0v) is 28.0. The second kappa shape index (κ2) is 13.6. The fourth-order valence-electron chi connectivity index (χ4n) is 8.09. The highest BCUT2D eigenvalue weighted by Crippen LogP contribution is 2.59. The van der Waals surface area contributed by atoms with E-state index in [1.165, 1.54) is 0 Å². The van der Waals surface area contributed by atoms with Crippen LogP contribution in [0.25, 0.3) is 10.8 Å². The van der Waals surface area contributed by atoms with E-state index in [9.17, 15) is 14.7 Å². The van der Waals surface area contributed by atoms with Crippen LogP contribution < -0.4 is 14.5 Å². The molecule has 0 radical (unpaired) electrons. The highest BCUT2D eigenvalue weighted by molar-refractivity contribution is 6.07. The molecular formula is C39H45N3O6. The van der Waals surface area contributed by atoms with Crippen LogP contribution in [0, 0.1) is 17.8 Å². The van der Waals surface area contributed by atoms with Crippen LogP contribution in [-0.4, -0.2) is 77.8 Å². The van der Waals surface area contributed by atoms with Crippen LogP contribution in [0.4, 0.5) is 11.4 Å². The first kappa shape index (κ1) is 33.4. The van der Waals surface area contributed by atoms with Crippen LogP contribution in [0.3, 0.4) is 0 Å². The van der Waals surface area contributed by atoms with Crippen molar-refractivity contribution in [2.45, 2.75) is 57.4 Å². The molecule has 1 spiro atoms. The molecule has 6 atom stereocenters. The number of aliphatic hydroxyl groups is 1. The van der Waals surface area contributed by atoms with Crippen molar-refractivity contribution in [1.29, 1.82) is 0 Å². The van der Waals surface area contributed by atoms with Crippen molar-refractivity contribution < 1.29 is 29.0 Å². The topological polar surface area (TPSA) is 99.6 Å². The van der Waals surface area contributed by atoms with Gasteiger partial charge in [-0.1, -0.05) is 56.3 Å². The quantitative estimate of drug-likeness (QED) is 0.250. The van der Waals surface area contributed by atoms with Gasteiger partial charge < -0.3 is 29.3 Å². The molecular weight excluding hydrogens is 606 g/mol. The molecule has 3 aromatic rings. The monoisotopic (exact) mass is 651 g/mol. The van der Waals surface area contributed by atoms with Crippen LogP contribution in [0.15, 0.2) is 92.0 Å². The average Bonchev–Trinajstić information content (AvgIpc) is 3.74. The lowest BCUT2D eigenvalue weighted by atomic mass is 9.70. The number of carbonyl (C=O) groups excluding carboxylic acids is 3. The summed E-state index contributed by atoms with van der Waals surface area (Å²) in [7, 11) is 0. The Bertz CT molecular complexity index is 1710. The van der Waals surface area contributed by atoms with Gasteiger partial charge in [0.1, 0.15) is 17.4 Å². The molecule has 3 saturated heterocycles. The molecule has 9 nitrogen and oxygen atoms in total. The number of hydrogen-bond acceptors (Lipinski definition) is 6. The fourth-order valence-corrected chi connectivity index (χ4v) is 8.09. The molecule has 3 amide bonds. The van der Waals surface area contributed by atoms with Crippen LogP contribution in [0.5, 0.6) is 5.75 Å². The van der Waals surface area contributed by atoms with Gasteiger partial charge in [0, 0.05) is 24.5 Å². The van der Waals surface area contributed by atoms with E-state index in [-0.39, 0.29) is 43.3 Å². The molecule has 3 aliphatic heterocycles. The number of carbonyl (C=O) groups is 3. The van der Waals surface area contributed by atoms with E-state index >= 15 is 4.79 Å². The molecule has 6 rings (SSSR count). The summed E-state index contributed by atoms with van der Waals surface area (Å²) in [6.07, 6.45) is 3.78. The minimum absolute atomic E-state index is 0.162. The van der Waals surface area contributed by atoms with E-state index in [2.05, 4.69) is 13.2 Å². The minimum Gasteiger partial charge on any atom is -0.494 e. The Balaban J connectivity index is 1.42. The number of likely N-dealkylation sites (tertiary alicyclic amines) is 1. The Morgan fingerprint density at radius 1 is 1.00 bits per heavy atom. The number of anilines is 2. The van der Waals surface area contributed by atoms with Crippen molar-refractivity contribution in [3.63, 3.8) is 0 Å². The number of nitrogens with zero attached hydrogens (tertiary/aromatic N) is 3. The number of ether oxygens (including phenoxy) is 2. The molecule has 0 saturated carbocycles. The molecule has 3 aromatic carbocycles. The summed E-state index contributed by atoms with van der Waals surface area (Å²) < 4.78 is 12.4. The van der Waals surface area contributed by atoms with Crippen molar-refractivity contribution in [1.82, 2.24) is 4.90 Å². The summed E-state index contributed by atoms with van der Waals surface area (Å²) in [6, 6.07) is 19.3. The Hall–Kier alpha value is -4.47. The van der Waals surface area contributed by atoms with Crippen LogP contribution in [0.1, 0.15) is 33.6 Å². The first-order valence-electron chi connectivity index (χ1n) is 16.9. The third kappa shape index (κ3) is 5.48. The number of hydrogen-bond donors (Lipinski definition) is 1. The lowest BCUT2D eigenvalue weighted by Crippen LogP contribution is -2.59. The van der Waals surface area contributed by atoms with E-state index in [4.69, 9.17) is 9.47 Å². The maximum Gasteiger partial charge on any atom is 0.253 e. The standard InChI is InChI=1S/C39H45N3O6/c1-6-21-40(28-15-17-30(18-16-28)47-8-3)36(44)33-32-19-20-39(48-32)34(33)37(45)42(31(24-43)25(4)5)35(39)38(46)41(22-7-2)29-14-13-26-11-9-10-12-27(26)23-29/h6-7,9-18,23,25,31-35,43H,1-2,8,19-22,24H2,3-5H3/t31-,32-,33+,34-,35?,39?/m0/s1. The van der Waals surface area contributed by atoms with Gasteiger partial charge in [-0.15, -0.1) is 13.2 Å². The average molecular weight is 652 g/mol. The summed E-state index contributed by atoms with van der Waals surface area (Å²) in [5.74, 6) is -2.06. The van der Waals surface area contributed by atoms with Gasteiger partial charge >= 0.3 is 0 Å². The highest BCUT2D eigenvalue weighted by Gasteiger charge is 2.75. The smallest absolute Gasteiger partial charge is 0.253 e. The zero-order valence-electron chi connectivity index (χ0n) is 28.0. The third-order valence-corrected chi connectivity index (χ3v) is 10.2. The molecule has 3 fully saturated rings. The van der Waals surface area contributed by atoms with Gasteiger partial charge in [-0.05, 0) is 72.9 Å². The predicted octanol–water partition coefficient (Wildman–Crippen LogP) is 5.37. The molecule has 0 aromatic heterocycles. The summed E-state index contributed by atoms with van der Waals surface area (Å²) in [5.41, 5.74) is 0.0962. The van der Waals surface area contributed by atoms with Gasteiger partial charge in [0.25, 0.3) is 5.91 Å². The zero-order chi connectivity index (χ0) is 34.2. The number of amides is 3. The first-order valence-corrected chi connectivity index (χ1v) is 16.9.